The molecule has 6 rings (SSSR count). The lowest BCUT2D eigenvalue weighted by atomic mass is 9.77. The van der Waals surface area contributed by atoms with E-state index in [0.29, 0.717) is 46.4 Å². The highest BCUT2D eigenvalue weighted by molar-refractivity contribution is 6.60. The first-order chi connectivity index (χ1) is 26.6. The van der Waals surface area contributed by atoms with Gasteiger partial charge in [0.1, 0.15) is 18.6 Å². The number of hydrogen-bond acceptors (Lipinski definition) is 9. The van der Waals surface area contributed by atoms with Crippen LogP contribution in [0.1, 0.15) is 73.3 Å². The van der Waals surface area contributed by atoms with Crippen molar-refractivity contribution in [3.63, 3.8) is 0 Å². The summed E-state index contributed by atoms with van der Waals surface area (Å²) in [7, 11) is -1.58. The monoisotopic (exact) mass is 755 g/mol. The average molecular weight is 756 g/mol. The maximum absolute atomic E-state index is 13.8. The second-order valence-electron chi connectivity index (χ2n) is 14.2. The van der Waals surface area contributed by atoms with E-state index in [4.69, 9.17) is 20.5 Å². The number of nitrogens with two attached hydrogens (primary N) is 1. The van der Waals surface area contributed by atoms with Crippen molar-refractivity contribution in [2.45, 2.75) is 34.3 Å². The number of aromatic amines is 1. The first-order valence-corrected chi connectivity index (χ1v) is 17.6. The van der Waals surface area contributed by atoms with Gasteiger partial charge < -0.3 is 41.2 Å². The fourth-order valence-electron chi connectivity index (χ4n) is 5.66. The predicted molar refractivity (Wildman–Crippen MR) is 216 cm³/mol. The van der Waals surface area contributed by atoms with E-state index in [9.17, 15) is 24.3 Å². The van der Waals surface area contributed by atoms with Gasteiger partial charge in [-0.1, -0.05) is 74.9 Å². The molecule has 0 radical (unpaired) electrons. The molecule has 56 heavy (non-hydrogen) atoms. The van der Waals surface area contributed by atoms with Crippen molar-refractivity contribution in [3.05, 3.63) is 137 Å². The van der Waals surface area contributed by atoms with Crippen molar-refractivity contribution < 1.29 is 39.1 Å². The van der Waals surface area contributed by atoms with Crippen molar-refractivity contribution in [1.82, 2.24) is 15.3 Å². The smallest absolute Gasteiger partial charge is 0.489 e. The maximum atomic E-state index is 13.8. The Morgan fingerprint density at radius 1 is 0.875 bits per heavy atom. The van der Waals surface area contributed by atoms with Crippen molar-refractivity contribution in [1.29, 1.82) is 0 Å². The summed E-state index contributed by atoms with van der Waals surface area (Å²) >= 11 is 0. The van der Waals surface area contributed by atoms with Crippen LogP contribution in [0.2, 0.25) is 0 Å². The molecular formula is C42H42BN5O8. The van der Waals surface area contributed by atoms with E-state index in [0.717, 1.165) is 11.1 Å². The highest BCUT2D eigenvalue weighted by atomic mass is 16.5. The third-order valence-corrected chi connectivity index (χ3v) is 8.47. The van der Waals surface area contributed by atoms with Crippen molar-refractivity contribution in [3.8, 4) is 16.9 Å². The number of nitrogens with one attached hydrogen (secondary N) is 3. The number of carboxylic acids is 1. The van der Waals surface area contributed by atoms with Gasteiger partial charge in [-0.15, -0.1) is 0 Å². The van der Waals surface area contributed by atoms with Gasteiger partial charge in [0, 0.05) is 23.4 Å². The Morgan fingerprint density at radius 2 is 1.59 bits per heavy atom. The van der Waals surface area contributed by atoms with Crippen LogP contribution in [0.3, 0.4) is 0 Å². The fourth-order valence-corrected chi connectivity index (χ4v) is 5.66. The van der Waals surface area contributed by atoms with Gasteiger partial charge in [-0.05, 0) is 89.1 Å². The molecule has 13 nitrogen and oxygen atoms in total. The van der Waals surface area contributed by atoms with Crippen molar-refractivity contribution in [2.24, 2.45) is 5.41 Å². The standard InChI is InChI=1S/C34H33N5O5.C8H9BO3/c1-34(2,3)19-36-30(40)21-9-12-25(27(15-21)32(42)43)24-13-11-23(44-18-20-7-5-4-6-8-20)17-26(24)31(41)37-22-10-14-28-29(16-22)39-33(35)38-28;1-6-2-3-8(9(11)12)7(4-6)5-10/h4-17H,18-19H2,1-3H3,(H,36,40)(H,37,41)(H,42,43)(H3,35,38,39);2-5,11-12H,1H3. The Morgan fingerprint density at radius 3 is 2.27 bits per heavy atom. The molecule has 1 heterocycles. The highest BCUT2D eigenvalue weighted by Crippen LogP contribution is 2.32. The molecule has 1 aromatic heterocycles. The van der Waals surface area contributed by atoms with Crippen molar-refractivity contribution in [2.75, 3.05) is 17.6 Å². The zero-order valence-corrected chi connectivity index (χ0v) is 31.3. The van der Waals surface area contributed by atoms with Crippen LogP contribution < -0.4 is 26.6 Å². The number of imidazole rings is 1. The first kappa shape index (κ1) is 40.4. The molecule has 0 unspecified atom stereocenters. The van der Waals surface area contributed by atoms with Gasteiger partial charge in [0.25, 0.3) is 11.8 Å². The summed E-state index contributed by atoms with van der Waals surface area (Å²) in [4.78, 5) is 56.6. The Bertz CT molecular complexity index is 2390. The van der Waals surface area contributed by atoms with Crippen molar-refractivity contribution >= 4 is 59.3 Å². The summed E-state index contributed by atoms with van der Waals surface area (Å²) < 4.78 is 5.99. The van der Waals surface area contributed by atoms with Gasteiger partial charge in [-0.25, -0.2) is 9.78 Å². The molecule has 0 aliphatic heterocycles. The number of carboxylic acid groups (broad SMARTS) is 1. The molecule has 0 spiro atoms. The van der Waals surface area contributed by atoms with E-state index in [1.807, 2.05) is 58.0 Å². The number of anilines is 2. The van der Waals surface area contributed by atoms with Crippen LogP contribution in [-0.2, 0) is 6.61 Å². The number of ether oxygens (including phenoxy) is 1. The molecule has 14 heteroatoms. The summed E-state index contributed by atoms with van der Waals surface area (Å²) in [6.07, 6.45) is 0.613. The number of hydrogen-bond donors (Lipinski definition) is 7. The van der Waals surface area contributed by atoms with Crippen LogP contribution in [0.15, 0.2) is 103 Å². The summed E-state index contributed by atoms with van der Waals surface area (Å²) in [5.41, 5.74) is 10.8. The number of carbonyl (C=O) groups is 4. The normalized spacial score (nSPS) is 10.9. The summed E-state index contributed by atoms with van der Waals surface area (Å²) in [5.74, 6) is -1.42. The molecule has 2 amide bonds. The van der Waals surface area contributed by atoms with Crippen LogP contribution in [-0.4, -0.2) is 62.9 Å². The topological polar surface area (TPSA) is 217 Å². The second kappa shape index (κ2) is 17.6. The van der Waals surface area contributed by atoms with Gasteiger partial charge >= 0.3 is 13.1 Å². The number of benzene rings is 5. The number of aldehydes is 1. The SMILES string of the molecule is CC(C)(C)CNC(=O)c1ccc(-c2ccc(OCc3ccccc3)cc2C(=O)Nc2ccc3nc(N)[nH]c3c2)c(C(=O)O)c1.Cc1ccc(B(O)O)c(C=O)c1. The minimum Gasteiger partial charge on any atom is -0.489 e. The zero-order valence-electron chi connectivity index (χ0n) is 31.3. The number of nitrogen functional groups attached to an aromatic ring is 1. The first-order valence-electron chi connectivity index (χ1n) is 17.6. The van der Waals surface area contributed by atoms with E-state index in [1.165, 1.54) is 12.1 Å². The number of aromatic nitrogens is 2. The Kier molecular flexibility index (Phi) is 12.7. The molecule has 0 saturated carbocycles. The number of amides is 2. The Hall–Kier alpha value is -6.77. The Labute approximate surface area is 323 Å². The molecule has 286 valence electrons. The van der Waals surface area contributed by atoms with E-state index in [2.05, 4.69) is 20.6 Å². The lowest BCUT2D eigenvalue weighted by Crippen LogP contribution is -2.32. The predicted octanol–water partition coefficient (Wildman–Crippen LogP) is 5.60. The molecular weight excluding hydrogens is 713 g/mol. The number of fused-ring (bicyclic) bond motifs is 1. The van der Waals surface area contributed by atoms with Crippen LogP contribution >= 0.6 is 0 Å². The minimum atomic E-state index is -1.58. The van der Waals surface area contributed by atoms with Crippen LogP contribution in [0, 0.1) is 12.3 Å². The number of carbonyl (C=O) groups excluding carboxylic acids is 3. The largest absolute Gasteiger partial charge is 0.489 e. The maximum Gasteiger partial charge on any atom is 0.489 e. The Balaban J connectivity index is 0.000000427. The van der Waals surface area contributed by atoms with Crippen LogP contribution in [0.4, 0.5) is 11.6 Å². The highest BCUT2D eigenvalue weighted by Gasteiger charge is 2.22. The van der Waals surface area contributed by atoms with Gasteiger partial charge in [-0.2, -0.15) is 0 Å². The number of aromatic carboxylic acids is 1. The zero-order chi connectivity index (χ0) is 40.6. The fraction of sp³-hybridized carbons (Fsp3) is 0.167. The van der Waals surface area contributed by atoms with Gasteiger partial charge in [0.05, 0.1) is 22.2 Å². The summed E-state index contributed by atoms with van der Waals surface area (Å²) in [6.45, 7) is 8.49. The molecule has 5 aromatic carbocycles. The number of aryl methyl sites for hydroxylation is 1. The molecule has 6 aromatic rings. The molecule has 0 atom stereocenters. The quantitative estimate of drug-likeness (QED) is 0.0641. The van der Waals surface area contributed by atoms with Gasteiger partial charge in [0.15, 0.2) is 5.95 Å². The molecule has 0 bridgehead atoms. The number of H-pyrrole nitrogens is 1. The van der Waals surface area contributed by atoms with Gasteiger partial charge in [-0.3, -0.25) is 14.4 Å². The summed E-state index contributed by atoms with van der Waals surface area (Å²) in [5, 5.41) is 33.5. The lowest BCUT2D eigenvalue weighted by Gasteiger charge is -2.19. The van der Waals surface area contributed by atoms with Crippen LogP contribution in [0.25, 0.3) is 22.2 Å². The molecule has 0 aliphatic carbocycles. The van der Waals surface area contributed by atoms with E-state index in [1.54, 1.807) is 60.7 Å². The molecule has 8 N–H and O–H groups in total. The number of rotatable bonds is 11. The lowest BCUT2D eigenvalue weighted by molar-refractivity contribution is 0.0697. The average Bonchev–Trinajstić information content (AvgIpc) is 3.55. The van der Waals surface area contributed by atoms with E-state index >= 15 is 0 Å². The van der Waals surface area contributed by atoms with E-state index < -0.39 is 19.0 Å². The van der Waals surface area contributed by atoms with E-state index in [-0.39, 0.29) is 51.6 Å². The molecule has 0 saturated heterocycles. The number of nitrogens with zero attached hydrogens (tertiary/aromatic N) is 1. The minimum absolute atomic E-state index is 0.116. The summed E-state index contributed by atoms with van der Waals surface area (Å²) in [6, 6.07) is 28.9. The molecule has 0 fully saturated rings. The van der Waals surface area contributed by atoms with Gasteiger partial charge in [0.2, 0.25) is 0 Å². The van der Waals surface area contributed by atoms with Crippen LogP contribution in [0.5, 0.6) is 5.75 Å². The third kappa shape index (κ3) is 10.5. The molecule has 0 aliphatic rings. The third-order valence-electron chi connectivity index (χ3n) is 8.47. The second-order valence-corrected chi connectivity index (χ2v) is 14.2.